The first kappa shape index (κ1) is 34.3. The van der Waals surface area contributed by atoms with Crippen LogP contribution in [0.2, 0.25) is 0 Å². The summed E-state index contributed by atoms with van der Waals surface area (Å²) in [6, 6.07) is 9.59. The van der Waals surface area contributed by atoms with E-state index in [9.17, 15) is 27.6 Å². The topological polar surface area (TPSA) is 86.6 Å². The van der Waals surface area contributed by atoms with Crippen molar-refractivity contribution in [3.05, 3.63) is 122 Å². The lowest BCUT2D eigenvalue weighted by Crippen LogP contribution is -2.42. The highest BCUT2D eigenvalue weighted by atomic mass is 19.4. The van der Waals surface area contributed by atoms with E-state index >= 15 is 8.78 Å². The first-order chi connectivity index (χ1) is 22.7. The second-order valence-electron chi connectivity index (χ2n) is 11.5. The van der Waals surface area contributed by atoms with E-state index in [1.807, 2.05) is 13.0 Å². The number of alkyl halides is 3. The van der Waals surface area contributed by atoms with Crippen molar-refractivity contribution in [1.29, 1.82) is 0 Å². The molecule has 7 nitrogen and oxygen atoms in total. The Bertz CT molecular complexity index is 1950. The summed E-state index contributed by atoms with van der Waals surface area (Å²) in [6.07, 6.45) is -4.96. The molecule has 1 N–H and O–H groups in total. The van der Waals surface area contributed by atoms with Crippen molar-refractivity contribution in [2.75, 3.05) is 6.61 Å². The van der Waals surface area contributed by atoms with Gasteiger partial charge in [-0.15, -0.1) is 0 Å². The summed E-state index contributed by atoms with van der Waals surface area (Å²) in [7, 11) is 0. The molecule has 0 radical (unpaired) electrons. The highest BCUT2D eigenvalue weighted by molar-refractivity contribution is 5.85. The van der Waals surface area contributed by atoms with Crippen molar-refractivity contribution in [3.8, 4) is 16.9 Å². The molecule has 2 atom stereocenters. The normalized spacial score (nSPS) is 16.3. The fraction of sp³-hybridized carbons (Fsp3) is 0.306. The Morgan fingerprint density at radius 1 is 1.00 bits per heavy atom. The first-order valence-electron chi connectivity index (χ1n) is 15.3. The Balaban J connectivity index is 1.80. The van der Waals surface area contributed by atoms with Gasteiger partial charge in [0.25, 0.3) is 5.56 Å². The maximum absolute atomic E-state index is 16.0. The number of ether oxygens (including phenoxy) is 2. The van der Waals surface area contributed by atoms with Crippen molar-refractivity contribution in [3.63, 3.8) is 0 Å². The summed E-state index contributed by atoms with van der Waals surface area (Å²) in [4.78, 5) is 40.8. The fourth-order valence-corrected chi connectivity index (χ4v) is 6.08. The van der Waals surface area contributed by atoms with Crippen LogP contribution in [0, 0.1) is 25.5 Å². The number of amides is 1. The van der Waals surface area contributed by atoms with Gasteiger partial charge in [0.2, 0.25) is 5.91 Å². The summed E-state index contributed by atoms with van der Waals surface area (Å²) in [6.45, 7) is 6.17. The average Bonchev–Trinajstić information content (AvgIpc) is 3.02. The maximum atomic E-state index is 16.0. The molecule has 12 heteroatoms. The number of fused-ring (bicyclic) bond motifs is 6. The van der Waals surface area contributed by atoms with Gasteiger partial charge in [-0.1, -0.05) is 25.1 Å². The number of nitrogens with zero attached hydrogens (tertiary/aromatic N) is 1. The van der Waals surface area contributed by atoms with Crippen LogP contribution in [0.5, 0.6) is 5.75 Å². The Kier molecular flexibility index (Phi) is 9.74. The molecule has 1 aliphatic heterocycles. The largest absolute Gasteiger partial charge is 0.488 e. The predicted molar refractivity (Wildman–Crippen MR) is 167 cm³/mol. The van der Waals surface area contributed by atoms with Crippen LogP contribution in [-0.2, 0) is 33.5 Å². The molecular formula is C36H33F5N2O5. The van der Waals surface area contributed by atoms with Gasteiger partial charge in [-0.3, -0.25) is 19.0 Å². The van der Waals surface area contributed by atoms with E-state index in [0.29, 0.717) is 28.5 Å². The van der Waals surface area contributed by atoms with E-state index in [4.69, 9.17) is 9.47 Å². The van der Waals surface area contributed by atoms with Crippen molar-refractivity contribution in [1.82, 2.24) is 9.88 Å². The molecule has 252 valence electrons. The van der Waals surface area contributed by atoms with Crippen molar-refractivity contribution in [2.24, 2.45) is 0 Å². The molecule has 4 aromatic rings. The second-order valence-corrected chi connectivity index (χ2v) is 11.5. The number of carbonyl (C=O) groups is 2. The summed E-state index contributed by atoms with van der Waals surface area (Å²) < 4.78 is 85.2. The number of hydrogen-bond donors (Lipinski definition) is 1. The Labute approximate surface area is 273 Å². The minimum atomic E-state index is -4.86. The van der Waals surface area contributed by atoms with E-state index in [2.05, 4.69) is 5.32 Å². The van der Waals surface area contributed by atoms with Gasteiger partial charge in [-0.25, -0.2) is 8.78 Å². The number of benzene rings is 3. The van der Waals surface area contributed by atoms with Crippen LogP contribution in [0.25, 0.3) is 11.1 Å². The third-order valence-corrected chi connectivity index (χ3v) is 8.33. The Morgan fingerprint density at radius 3 is 2.44 bits per heavy atom. The molecule has 0 fully saturated rings. The lowest BCUT2D eigenvalue weighted by molar-refractivity contribution is -0.144. The third-order valence-electron chi connectivity index (χ3n) is 8.33. The lowest BCUT2D eigenvalue weighted by Gasteiger charge is -2.27. The zero-order chi connectivity index (χ0) is 34.9. The molecule has 1 aliphatic rings. The number of pyridine rings is 1. The zero-order valence-corrected chi connectivity index (χ0v) is 26.6. The van der Waals surface area contributed by atoms with Crippen LogP contribution in [0.4, 0.5) is 22.0 Å². The van der Waals surface area contributed by atoms with Gasteiger partial charge in [0, 0.05) is 28.5 Å². The van der Waals surface area contributed by atoms with E-state index < -0.39 is 64.9 Å². The predicted octanol–water partition coefficient (Wildman–Crippen LogP) is 7.28. The smallest absolute Gasteiger partial charge is 0.416 e. The van der Waals surface area contributed by atoms with Gasteiger partial charge in [-0.05, 0) is 85.8 Å². The number of hydrogen-bond acceptors (Lipinski definition) is 5. The highest BCUT2D eigenvalue weighted by Gasteiger charge is 2.37. The van der Waals surface area contributed by atoms with Crippen molar-refractivity contribution < 1.29 is 41.0 Å². The molecule has 3 aromatic carbocycles. The number of carbonyl (C=O) groups excluding carboxylic acids is 2. The number of nitrogens with one attached hydrogen (secondary N) is 1. The molecular weight excluding hydrogens is 635 g/mol. The summed E-state index contributed by atoms with van der Waals surface area (Å²) in [5.74, 6) is -3.10. The quantitative estimate of drug-likeness (QED) is 0.179. The average molecular weight is 669 g/mol. The van der Waals surface area contributed by atoms with Gasteiger partial charge < -0.3 is 14.8 Å². The maximum Gasteiger partial charge on any atom is 0.416 e. The summed E-state index contributed by atoms with van der Waals surface area (Å²) in [5, 5.41) is 2.61. The van der Waals surface area contributed by atoms with Crippen molar-refractivity contribution in [2.45, 2.75) is 65.4 Å². The van der Waals surface area contributed by atoms with Crippen LogP contribution < -0.4 is 15.6 Å². The van der Waals surface area contributed by atoms with Gasteiger partial charge in [0.15, 0.2) is 0 Å². The number of esters is 1. The molecule has 1 aromatic heterocycles. The zero-order valence-electron chi connectivity index (χ0n) is 26.6. The molecule has 4 bridgehead atoms. The number of halogens is 5. The molecule has 0 saturated heterocycles. The van der Waals surface area contributed by atoms with E-state index in [-0.39, 0.29) is 36.3 Å². The van der Waals surface area contributed by atoms with Crippen LogP contribution in [0.1, 0.15) is 71.3 Å². The van der Waals surface area contributed by atoms with Crippen LogP contribution in [-0.4, -0.2) is 23.1 Å². The molecule has 48 heavy (non-hydrogen) atoms. The summed E-state index contributed by atoms with van der Waals surface area (Å²) in [5.41, 5.74) is -0.890. The first-order valence-corrected chi connectivity index (χ1v) is 15.3. The minimum absolute atomic E-state index is 0.00761. The van der Waals surface area contributed by atoms with E-state index in [0.717, 1.165) is 22.4 Å². The number of aryl methyl sites for hydroxylation is 2. The lowest BCUT2D eigenvalue weighted by atomic mass is 9.91. The van der Waals surface area contributed by atoms with E-state index in [1.165, 1.54) is 32.0 Å². The van der Waals surface area contributed by atoms with Crippen LogP contribution >= 0.6 is 0 Å². The molecule has 0 spiro atoms. The number of rotatable bonds is 5. The van der Waals surface area contributed by atoms with Crippen molar-refractivity contribution >= 4 is 11.9 Å². The summed E-state index contributed by atoms with van der Waals surface area (Å²) >= 11 is 0. The standard InChI is InChI=1S/C36H33F5N2O5/c1-5-23-26(36(39,40)41)12-13-43(35(23)46)33-24-15-21(10-11-27(24)37)18-48-29-9-7-8-19(3)31(29)22-14-20(4)32(38)25(16-22)28(42-34(33)45)17-30(44)47-6-2/h7-16,28,33H,5-6,17-18H2,1-4H3,(H,42,45)/t28-,33+/m0/s1. The van der Waals surface area contributed by atoms with Crippen LogP contribution in [0.15, 0.2) is 65.6 Å². The highest BCUT2D eigenvalue weighted by Crippen LogP contribution is 2.38. The molecule has 5 rings (SSSR count). The van der Waals surface area contributed by atoms with Gasteiger partial charge in [0.05, 0.1) is 24.6 Å². The van der Waals surface area contributed by atoms with Gasteiger partial charge >= 0.3 is 12.1 Å². The Hall–Kier alpha value is -5.00. The van der Waals surface area contributed by atoms with E-state index in [1.54, 1.807) is 25.1 Å². The molecule has 0 unspecified atom stereocenters. The van der Waals surface area contributed by atoms with Gasteiger partial charge in [-0.2, -0.15) is 13.2 Å². The third kappa shape index (κ3) is 6.69. The molecule has 0 saturated carbocycles. The monoisotopic (exact) mass is 668 g/mol. The fourth-order valence-electron chi connectivity index (χ4n) is 6.08. The number of aromatic nitrogens is 1. The molecule has 0 aliphatic carbocycles. The van der Waals surface area contributed by atoms with Crippen LogP contribution in [0.3, 0.4) is 0 Å². The second kappa shape index (κ2) is 13.6. The van der Waals surface area contributed by atoms with Gasteiger partial charge in [0.1, 0.15) is 30.0 Å². The molecule has 1 amide bonds. The minimum Gasteiger partial charge on any atom is -0.488 e. The Morgan fingerprint density at radius 2 is 1.75 bits per heavy atom. The molecule has 2 heterocycles. The SMILES string of the molecule is CCOC(=O)C[C@@H]1NC(=O)[C@H](n2ccc(C(F)(F)F)c(CC)c2=O)c2cc(ccc2F)COc2cccc(C)c2-c2cc(C)c(F)c1c2.